The van der Waals surface area contributed by atoms with Gasteiger partial charge in [-0.25, -0.2) is 9.59 Å². The number of nitrogens with two attached hydrogens (primary N) is 4. The van der Waals surface area contributed by atoms with E-state index in [4.69, 9.17) is 42.7 Å². The summed E-state index contributed by atoms with van der Waals surface area (Å²) in [7, 11) is 0. The maximum absolute atomic E-state index is 9.10. The van der Waals surface area contributed by atoms with Crippen LogP contribution in [0.5, 0.6) is 0 Å². The molecule has 0 aliphatic heterocycles. The minimum absolute atomic E-state index is 0.597. The van der Waals surface area contributed by atoms with Crippen molar-refractivity contribution in [3.8, 4) is 0 Å². The van der Waals surface area contributed by atoms with Gasteiger partial charge in [0.2, 0.25) is 0 Å². The first-order valence-electron chi connectivity index (χ1n) is 3.74. The number of carbonyl (C=O) groups is 2. The van der Waals surface area contributed by atoms with Crippen molar-refractivity contribution < 1.29 is 19.8 Å². The number of carboxylic acid groups (broad SMARTS) is 2. The molecule has 0 aliphatic carbocycles. The van der Waals surface area contributed by atoms with Gasteiger partial charge in [-0.1, -0.05) is 0 Å². The average Bonchev–Trinajstić information content (AvgIpc) is 2.18. The summed E-state index contributed by atoms with van der Waals surface area (Å²) in [4.78, 5) is 18.2. The van der Waals surface area contributed by atoms with Crippen LogP contribution in [0.1, 0.15) is 0 Å². The zero-order chi connectivity index (χ0) is 12.0. The van der Waals surface area contributed by atoms with Gasteiger partial charge in [-0.15, -0.1) is 0 Å². The number of hydrogen-bond donors (Lipinski definition) is 6. The normalized spacial score (nSPS) is 7.43. The van der Waals surface area contributed by atoms with Gasteiger partial charge in [-0.3, -0.25) is 0 Å². The molecule has 10 N–H and O–H groups in total. The van der Waals surface area contributed by atoms with E-state index in [0.717, 1.165) is 0 Å². The molecule has 0 aromatic carbocycles. The average molecular weight is 210 g/mol. The lowest BCUT2D eigenvalue weighted by molar-refractivity contribution is -0.159. The van der Waals surface area contributed by atoms with Crippen molar-refractivity contribution in [3.63, 3.8) is 0 Å². The predicted molar refractivity (Wildman–Crippen MR) is 51.5 cm³/mol. The van der Waals surface area contributed by atoms with Gasteiger partial charge in [-0.05, 0) is 0 Å². The lowest BCUT2D eigenvalue weighted by Gasteiger charge is -1.72. The van der Waals surface area contributed by atoms with E-state index in [1.54, 1.807) is 0 Å². The topological polar surface area (TPSA) is 179 Å². The Balaban J connectivity index is -0.000000135. The molecular weight excluding hydrogens is 192 g/mol. The van der Waals surface area contributed by atoms with Gasteiger partial charge in [0, 0.05) is 26.2 Å². The van der Waals surface area contributed by atoms with Gasteiger partial charge in [-0.2, -0.15) is 0 Å². The molecule has 0 unspecified atom stereocenters. The molecule has 0 atom stereocenters. The van der Waals surface area contributed by atoms with Crippen molar-refractivity contribution in [1.82, 2.24) is 0 Å². The lowest BCUT2D eigenvalue weighted by atomic mass is 10.7. The van der Waals surface area contributed by atoms with Gasteiger partial charge in [0.1, 0.15) is 0 Å². The molecule has 0 bridgehead atoms. The lowest BCUT2D eigenvalue weighted by Crippen LogP contribution is -2.11. The molecule has 0 aromatic heterocycles. The highest BCUT2D eigenvalue weighted by atomic mass is 16.4. The number of hydrogen-bond acceptors (Lipinski definition) is 6. The van der Waals surface area contributed by atoms with Crippen LogP contribution in [0.4, 0.5) is 0 Å². The molecule has 0 radical (unpaired) electrons. The first-order chi connectivity index (χ1) is 6.47. The van der Waals surface area contributed by atoms with Crippen LogP contribution in [0.2, 0.25) is 0 Å². The molecule has 0 saturated carbocycles. The van der Waals surface area contributed by atoms with Crippen molar-refractivity contribution in [2.24, 2.45) is 22.9 Å². The third-order valence-corrected chi connectivity index (χ3v) is 0.516. The van der Waals surface area contributed by atoms with E-state index >= 15 is 0 Å². The minimum atomic E-state index is -1.82. The second kappa shape index (κ2) is 17.8. The maximum atomic E-state index is 9.10. The van der Waals surface area contributed by atoms with Crippen LogP contribution in [0.3, 0.4) is 0 Å². The van der Waals surface area contributed by atoms with Crippen molar-refractivity contribution in [3.05, 3.63) is 0 Å². The van der Waals surface area contributed by atoms with Crippen LogP contribution in [0.25, 0.3) is 0 Å². The molecule has 0 amide bonds. The molecule has 8 heteroatoms. The Morgan fingerprint density at radius 2 is 0.857 bits per heavy atom. The molecule has 0 aromatic rings. The SMILES string of the molecule is NCCN.NCCN.O=C(O)C(=O)O. The largest absolute Gasteiger partial charge is 0.473 e. The second-order valence-electron chi connectivity index (χ2n) is 1.77. The molecule has 0 aliphatic rings. The summed E-state index contributed by atoms with van der Waals surface area (Å²) in [5, 5.41) is 14.8. The molecule has 0 rings (SSSR count). The van der Waals surface area contributed by atoms with E-state index in [1.165, 1.54) is 0 Å². The smallest absolute Gasteiger partial charge is 0.414 e. The summed E-state index contributed by atoms with van der Waals surface area (Å²) in [6, 6.07) is 0. The van der Waals surface area contributed by atoms with Crippen molar-refractivity contribution in [1.29, 1.82) is 0 Å². The van der Waals surface area contributed by atoms with E-state index in [9.17, 15) is 0 Å². The quantitative estimate of drug-likeness (QED) is 0.260. The Bertz CT molecular complexity index is 122. The number of rotatable bonds is 2. The number of carboxylic acids is 2. The molecule has 0 spiro atoms. The van der Waals surface area contributed by atoms with Gasteiger partial charge < -0.3 is 33.1 Å². The Kier molecular flexibility index (Phi) is 23.5. The van der Waals surface area contributed by atoms with Crippen LogP contribution in [0.15, 0.2) is 0 Å². The highest BCUT2D eigenvalue weighted by Gasteiger charge is 2.04. The van der Waals surface area contributed by atoms with Crippen molar-refractivity contribution in [2.75, 3.05) is 26.2 Å². The van der Waals surface area contributed by atoms with E-state index in [0.29, 0.717) is 26.2 Å². The van der Waals surface area contributed by atoms with E-state index in [2.05, 4.69) is 0 Å². The molecule has 0 saturated heterocycles. The highest BCUT2D eigenvalue weighted by Crippen LogP contribution is 1.56. The molecule has 0 fully saturated rings. The Hall–Kier alpha value is -1.22. The van der Waals surface area contributed by atoms with Gasteiger partial charge in [0.05, 0.1) is 0 Å². The molecular formula is C6H18N4O4. The van der Waals surface area contributed by atoms with Gasteiger partial charge in [0.15, 0.2) is 0 Å². The Labute approximate surface area is 81.8 Å². The van der Waals surface area contributed by atoms with Crippen LogP contribution >= 0.6 is 0 Å². The summed E-state index contributed by atoms with van der Waals surface area (Å²) in [5.41, 5.74) is 19.6. The summed E-state index contributed by atoms with van der Waals surface area (Å²) >= 11 is 0. The Morgan fingerprint density at radius 1 is 0.714 bits per heavy atom. The van der Waals surface area contributed by atoms with Gasteiger partial charge >= 0.3 is 11.9 Å². The van der Waals surface area contributed by atoms with Crippen LogP contribution in [-0.2, 0) is 9.59 Å². The fraction of sp³-hybridized carbons (Fsp3) is 0.667. The fourth-order valence-electron chi connectivity index (χ4n) is 0. The van der Waals surface area contributed by atoms with E-state index in [1.807, 2.05) is 0 Å². The fourth-order valence-corrected chi connectivity index (χ4v) is 0. The summed E-state index contributed by atoms with van der Waals surface area (Å²) in [6.45, 7) is 2.39. The van der Waals surface area contributed by atoms with Crippen LogP contribution < -0.4 is 22.9 Å². The first-order valence-corrected chi connectivity index (χ1v) is 3.74. The maximum Gasteiger partial charge on any atom is 0.414 e. The van der Waals surface area contributed by atoms with Crippen molar-refractivity contribution >= 4 is 11.9 Å². The van der Waals surface area contributed by atoms with Crippen LogP contribution in [0, 0.1) is 0 Å². The monoisotopic (exact) mass is 210 g/mol. The van der Waals surface area contributed by atoms with Gasteiger partial charge in [0.25, 0.3) is 0 Å². The zero-order valence-electron chi connectivity index (χ0n) is 7.85. The minimum Gasteiger partial charge on any atom is -0.473 e. The highest BCUT2D eigenvalue weighted by molar-refractivity contribution is 6.27. The first kappa shape index (κ1) is 18.5. The molecule has 0 heterocycles. The third-order valence-electron chi connectivity index (χ3n) is 0.516. The summed E-state index contributed by atoms with van der Waals surface area (Å²) < 4.78 is 0. The third kappa shape index (κ3) is 45.1. The predicted octanol–water partition coefficient (Wildman–Crippen LogP) is -3.04. The molecule has 86 valence electrons. The Morgan fingerprint density at radius 3 is 0.857 bits per heavy atom. The second-order valence-corrected chi connectivity index (χ2v) is 1.77. The van der Waals surface area contributed by atoms with Crippen LogP contribution in [-0.4, -0.2) is 48.3 Å². The summed E-state index contributed by atoms with van der Waals surface area (Å²) in [6.07, 6.45) is 0. The summed E-state index contributed by atoms with van der Waals surface area (Å²) in [5.74, 6) is -3.65. The molecule has 8 nitrogen and oxygen atoms in total. The van der Waals surface area contributed by atoms with E-state index in [-0.39, 0.29) is 0 Å². The van der Waals surface area contributed by atoms with Crippen molar-refractivity contribution in [2.45, 2.75) is 0 Å². The molecule has 14 heavy (non-hydrogen) atoms. The standard InChI is InChI=1S/2C2H8N2.C2H2O4/c2*3-1-2-4;3-1(4)2(5)6/h2*1-4H2;(H,3,4)(H,5,6). The van der Waals surface area contributed by atoms with E-state index < -0.39 is 11.9 Å². The zero-order valence-corrected chi connectivity index (χ0v) is 7.85. The number of aliphatic carboxylic acids is 2.